The number of allylic oxidation sites excluding steroid dienone is 7. The highest BCUT2D eigenvalue weighted by atomic mass is 16.5. The molecular formula is C28H43N5O2. The molecule has 1 fully saturated rings. The lowest BCUT2D eigenvalue weighted by Crippen LogP contribution is -2.48. The van der Waals surface area contributed by atoms with Crippen molar-refractivity contribution in [2.75, 3.05) is 19.7 Å². The van der Waals surface area contributed by atoms with Gasteiger partial charge in [-0.05, 0) is 32.8 Å². The van der Waals surface area contributed by atoms with Crippen LogP contribution in [0, 0.1) is 5.92 Å². The van der Waals surface area contributed by atoms with Crippen molar-refractivity contribution in [3.8, 4) is 0 Å². The highest BCUT2D eigenvalue weighted by Gasteiger charge is 2.31. The highest BCUT2D eigenvalue weighted by molar-refractivity contribution is 5.94. The Morgan fingerprint density at radius 2 is 2.03 bits per heavy atom. The van der Waals surface area contributed by atoms with Gasteiger partial charge >= 0.3 is 0 Å². The van der Waals surface area contributed by atoms with E-state index in [1.54, 1.807) is 29.0 Å². The normalized spacial score (nSPS) is 17.1. The summed E-state index contributed by atoms with van der Waals surface area (Å²) in [6.07, 6.45) is 11.0. The van der Waals surface area contributed by atoms with Gasteiger partial charge in [0.25, 0.3) is 5.91 Å². The fraction of sp³-hybridized carbons (Fsp3) is 0.464. The Hall–Kier alpha value is -3.19. The predicted molar refractivity (Wildman–Crippen MR) is 147 cm³/mol. The zero-order valence-electron chi connectivity index (χ0n) is 22.8. The Kier molecular flexibility index (Phi) is 12.7. The monoisotopic (exact) mass is 481 g/mol. The van der Waals surface area contributed by atoms with Crippen molar-refractivity contribution in [3.05, 3.63) is 72.4 Å². The molecule has 7 heteroatoms. The molecular weight excluding hydrogens is 438 g/mol. The van der Waals surface area contributed by atoms with E-state index >= 15 is 0 Å². The number of ether oxygens (including phenoxy) is 1. The first-order valence-corrected chi connectivity index (χ1v) is 12.3. The number of hydrogen-bond donors (Lipinski definition) is 0. The predicted octanol–water partition coefficient (Wildman–Crippen LogP) is 5.81. The van der Waals surface area contributed by atoms with Crippen LogP contribution in [0.1, 0.15) is 64.6 Å². The molecule has 1 aliphatic rings. The number of carbonyl (C=O) groups excluding carboxylic acids is 1. The smallest absolute Gasteiger partial charge is 0.272 e. The Morgan fingerprint density at radius 3 is 2.57 bits per heavy atom. The number of hydrogen-bond acceptors (Lipinski definition) is 5. The van der Waals surface area contributed by atoms with Gasteiger partial charge in [-0.25, -0.2) is 5.01 Å². The van der Waals surface area contributed by atoms with Crippen LogP contribution < -0.4 is 0 Å². The Labute approximate surface area is 211 Å². The van der Waals surface area contributed by atoms with Crippen LogP contribution in [-0.4, -0.2) is 57.6 Å². The second-order valence-corrected chi connectivity index (χ2v) is 8.26. The third-order valence-electron chi connectivity index (χ3n) is 5.06. The molecule has 0 bridgehead atoms. The van der Waals surface area contributed by atoms with Gasteiger partial charge in [-0.3, -0.25) is 9.48 Å². The molecule has 1 amide bonds. The number of aromatic nitrogens is 2. The average molecular weight is 482 g/mol. The maximum Gasteiger partial charge on any atom is 0.272 e. The van der Waals surface area contributed by atoms with Crippen LogP contribution >= 0.6 is 0 Å². The molecule has 2 rings (SSSR count). The van der Waals surface area contributed by atoms with Crippen LogP contribution in [0.2, 0.25) is 0 Å². The minimum atomic E-state index is -0.308. The van der Waals surface area contributed by atoms with E-state index in [-0.39, 0.29) is 17.9 Å². The molecule has 1 aromatic heterocycles. The topological polar surface area (TPSA) is 63.0 Å². The first kappa shape index (κ1) is 29.8. The van der Waals surface area contributed by atoms with Gasteiger partial charge < -0.3 is 9.64 Å². The largest absolute Gasteiger partial charge is 0.368 e. The summed E-state index contributed by atoms with van der Waals surface area (Å²) in [5.41, 5.74) is 3.84. The van der Waals surface area contributed by atoms with E-state index < -0.39 is 0 Å². The molecule has 2 heterocycles. The molecule has 0 radical (unpaired) electrons. The van der Waals surface area contributed by atoms with Gasteiger partial charge in [0, 0.05) is 31.1 Å². The highest BCUT2D eigenvalue weighted by Crippen LogP contribution is 2.25. The lowest BCUT2D eigenvalue weighted by atomic mass is 10.1. The second kappa shape index (κ2) is 14.9. The molecule has 0 saturated carbocycles. The van der Waals surface area contributed by atoms with Crippen LogP contribution in [0.5, 0.6) is 0 Å². The third-order valence-corrected chi connectivity index (χ3v) is 5.06. The SMILES string of the molecule is C=C/C=C(\C=C/C)c1cc(C(=O)N2CCOC(/C(=C/C(C)C)N(/N=C\C)C(=C)C)C2)n(C)n1.CC. The summed E-state index contributed by atoms with van der Waals surface area (Å²) in [7, 11) is 1.79. The van der Waals surface area contributed by atoms with Gasteiger partial charge in [-0.2, -0.15) is 10.2 Å². The van der Waals surface area contributed by atoms with E-state index in [4.69, 9.17) is 4.74 Å². The summed E-state index contributed by atoms with van der Waals surface area (Å²) in [6, 6.07) is 1.83. The zero-order valence-corrected chi connectivity index (χ0v) is 22.8. The summed E-state index contributed by atoms with van der Waals surface area (Å²) >= 11 is 0. The first-order valence-electron chi connectivity index (χ1n) is 12.3. The molecule has 192 valence electrons. The number of amides is 1. The van der Waals surface area contributed by atoms with Crippen molar-refractivity contribution in [2.45, 2.75) is 54.6 Å². The molecule has 1 aromatic rings. The summed E-state index contributed by atoms with van der Waals surface area (Å²) < 4.78 is 7.74. The maximum absolute atomic E-state index is 13.5. The van der Waals surface area contributed by atoms with Crippen LogP contribution in [0.15, 0.2) is 66.1 Å². The first-order chi connectivity index (χ1) is 16.7. The van der Waals surface area contributed by atoms with Crippen molar-refractivity contribution in [2.24, 2.45) is 18.1 Å². The molecule has 0 spiro atoms. The number of aryl methyl sites for hydroxylation is 1. The molecule has 0 aliphatic carbocycles. The van der Waals surface area contributed by atoms with E-state index in [0.717, 1.165) is 22.7 Å². The van der Waals surface area contributed by atoms with Crippen LogP contribution in [0.25, 0.3) is 5.57 Å². The van der Waals surface area contributed by atoms with Gasteiger partial charge in [0.1, 0.15) is 11.8 Å². The molecule has 1 saturated heterocycles. The standard InChI is InChI=1S/C26H37N5O2.C2H6/c1-9-12-21(13-10-2)22-17-24(29(8)28-22)26(32)30-14-15-33-25(18-30)23(16-19(4)5)31(20(6)7)27-11-3;1-2/h9-13,16-17,19,25H,1,6,14-15,18H2,2-5,7-8H3;1-2H3/b13-10-,21-12+,23-16-,27-11-;. The minimum Gasteiger partial charge on any atom is -0.368 e. The summed E-state index contributed by atoms with van der Waals surface area (Å²) in [4.78, 5) is 15.3. The van der Waals surface area contributed by atoms with E-state index in [9.17, 15) is 4.79 Å². The van der Waals surface area contributed by atoms with E-state index in [1.165, 1.54) is 0 Å². The third kappa shape index (κ3) is 8.21. The fourth-order valence-corrected chi connectivity index (χ4v) is 3.67. The number of carbonyl (C=O) groups is 1. The van der Waals surface area contributed by atoms with Crippen molar-refractivity contribution in [1.29, 1.82) is 0 Å². The number of hydrazone groups is 1. The van der Waals surface area contributed by atoms with E-state index in [0.29, 0.717) is 25.4 Å². The van der Waals surface area contributed by atoms with Crippen molar-refractivity contribution in [1.82, 2.24) is 19.7 Å². The van der Waals surface area contributed by atoms with E-state index in [2.05, 4.69) is 43.3 Å². The van der Waals surface area contributed by atoms with Gasteiger partial charge in [-0.1, -0.05) is 71.2 Å². The second-order valence-electron chi connectivity index (χ2n) is 8.26. The molecule has 7 nitrogen and oxygen atoms in total. The molecule has 1 atom stereocenters. The average Bonchev–Trinajstić information content (AvgIpc) is 3.23. The summed E-state index contributed by atoms with van der Waals surface area (Å²) in [5, 5.41) is 10.8. The maximum atomic E-state index is 13.5. The summed E-state index contributed by atoms with van der Waals surface area (Å²) in [6.45, 7) is 23.1. The quantitative estimate of drug-likeness (QED) is 0.253. The van der Waals surface area contributed by atoms with Gasteiger partial charge in [-0.15, -0.1) is 0 Å². The van der Waals surface area contributed by atoms with E-state index in [1.807, 2.05) is 63.8 Å². The Morgan fingerprint density at radius 1 is 1.34 bits per heavy atom. The van der Waals surface area contributed by atoms with Gasteiger partial charge in [0.05, 0.1) is 24.5 Å². The van der Waals surface area contributed by atoms with Crippen molar-refractivity contribution >= 4 is 17.7 Å². The van der Waals surface area contributed by atoms with Crippen LogP contribution in [-0.2, 0) is 11.8 Å². The summed E-state index contributed by atoms with van der Waals surface area (Å²) in [5.74, 6) is 0.206. The number of morpholine rings is 1. The van der Waals surface area contributed by atoms with Gasteiger partial charge in [0.2, 0.25) is 0 Å². The van der Waals surface area contributed by atoms with Crippen molar-refractivity contribution in [3.63, 3.8) is 0 Å². The number of nitrogens with zero attached hydrogens (tertiary/aromatic N) is 5. The zero-order chi connectivity index (χ0) is 26.5. The van der Waals surface area contributed by atoms with Gasteiger partial charge in [0.15, 0.2) is 0 Å². The van der Waals surface area contributed by atoms with Crippen LogP contribution in [0.4, 0.5) is 0 Å². The Balaban J connectivity index is 0.00000298. The number of rotatable bonds is 9. The molecule has 0 aromatic carbocycles. The minimum absolute atomic E-state index is 0.0762. The molecule has 1 unspecified atom stereocenters. The fourth-order valence-electron chi connectivity index (χ4n) is 3.67. The Bertz CT molecular complexity index is 981. The molecule has 1 aliphatic heterocycles. The molecule has 0 N–H and O–H groups in total. The van der Waals surface area contributed by atoms with Crippen LogP contribution in [0.3, 0.4) is 0 Å². The lowest BCUT2D eigenvalue weighted by molar-refractivity contribution is -0.0144. The lowest BCUT2D eigenvalue weighted by Gasteiger charge is -2.37. The molecule has 35 heavy (non-hydrogen) atoms. The van der Waals surface area contributed by atoms with Crippen molar-refractivity contribution < 1.29 is 9.53 Å².